The Morgan fingerprint density at radius 1 is 0.767 bits per heavy atom. The number of nitrogens with zero attached hydrogens (tertiary/aromatic N) is 1. The van der Waals surface area contributed by atoms with Crippen molar-refractivity contribution in [2.75, 3.05) is 6.61 Å². The Morgan fingerprint density at radius 3 is 1.97 bits per heavy atom. The Kier molecular flexibility index (Phi) is 5.26. The smallest absolute Gasteiger partial charge is 0.340 e. The molecule has 0 radical (unpaired) electrons. The van der Waals surface area contributed by atoms with Crippen molar-refractivity contribution in [1.29, 1.82) is 0 Å². The highest BCUT2D eigenvalue weighted by Gasteiger charge is 2.22. The number of carbonyl (C=O) groups is 3. The second kappa shape index (κ2) is 8.17. The molecule has 30 heavy (non-hydrogen) atoms. The molecule has 2 heterocycles. The average molecular weight is 397 g/mol. The SMILES string of the molecule is CCOC(=O)c1cc(C(=O)c2ccccc2)n2ccc(C(=O)c3ccccc3)cc12. The van der Waals surface area contributed by atoms with E-state index in [1.165, 1.54) is 6.07 Å². The molecule has 0 fully saturated rings. The quantitative estimate of drug-likeness (QED) is 0.353. The van der Waals surface area contributed by atoms with Gasteiger partial charge in [0.15, 0.2) is 5.78 Å². The fourth-order valence-electron chi connectivity index (χ4n) is 3.38. The highest BCUT2D eigenvalue weighted by Crippen LogP contribution is 2.23. The number of ether oxygens (including phenoxy) is 1. The molecule has 0 spiro atoms. The van der Waals surface area contributed by atoms with Crippen LogP contribution in [0.2, 0.25) is 0 Å². The van der Waals surface area contributed by atoms with E-state index < -0.39 is 5.97 Å². The monoisotopic (exact) mass is 397 g/mol. The van der Waals surface area contributed by atoms with Crippen molar-refractivity contribution in [2.24, 2.45) is 0 Å². The maximum atomic E-state index is 13.1. The molecule has 5 nitrogen and oxygen atoms in total. The summed E-state index contributed by atoms with van der Waals surface area (Å²) >= 11 is 0. The first kappa shape index (κ1) is 19.3. The van der Waals surface area contributed by atoms with Gasteiger partial charge in [0.2, 0.25) is 5.78 Å². The third-order valence-corrected chi connectivity index (χ3v) is 4.83. The minimum absolute atomic E-state index is 0.162. The zero-order valence-corrected chi connectivity index (χ0v) is 16.4. The summed E-state index contributed by atoms with van der Waals surface area (Å²) in [5.74, 6) is -0.917. The molecule has 0 saturated heterocycles. The molecule has 2 aromatic carbocycles. The van der Waals surface area contributed by atoms with E-state index in [2.05, 4.69) is 0 Å². The molecule has 2 aromatic heterocycles. The Morgan fingerprint density at radius 2 is 1.37 bits per heavy atom. The van der Waals surface area contributed by atoms with E-state index in [0.29, 0.717) is 27.9 Å². The molecule has 4 aromatic rings. The van der Waals surface area contributed by atoms with Gasteiger partial charge in [-0.2, -0.15) is 0 Å². The van der Waals surface area contributed by atoms with Crippen LogP contribution in [0.3, 0.4) is 0 Å². The number of hydrogen-bond donors (Lipinski definition) is 0. The summed E-state index contributed by atoms with van der Waals surface area (Å²) in [6.07, 6.45) is 1.64. The second-order valence-electron chi connectivity index (χ2n) is 6.72. The van der Waals surface area contributed by atoms with Gasteiger partial charge in [-0.1, -0.05) is 60.7 Å². The number of fused-ring (bicyclic) bond motifs is 1. The van der Waals surface area contributed by atoms with Crippen molar-refractivity contribution in [1.82, 2.24) is 4.40 Å². The Labute approximate surface area is 173 Å². The molecule has 0 N–H and O–H groups in total. The molecule has 0 saturated carbocycles. The van der Waals surface area contributed by atoms with Crippen LogP contribution in [0.5, 0.6) is 0 Å². The first-order valence-corrected chi connectivity index (χ1v) is 9.62. The number of benzene rings is 2. The van der Waals surface area contributed by atoms with Crippen molar-refractivity contribution in [3.63, 3.8) is 0 Å². The van der Waals surface area contributed by atoms with Crippen LogP contribution in [-0.4, -0.2) is 28.5 Å². The van der Waals surface area contributed by atoms with Gasteiger partial charge in [0.05, 0.1) is 23.4 Å². The van der Waals surface area contributed by atoms with Crippen molar-refractivity contribution >= 4 is 23.1 Å². The number of esters is 1. The predicted octanol–water partition coefficient (Wildman–Crippen LogP) is 4.58. The van der Waals surface area contributed by atoms with Crippen LogP contribution in [0.25, 0.3) is 5.52 Å². The van der Waals surface area contributed by atoms with E-state index in [0.717, 1.165) is 0 Å². The van der Waals surface area contributed by atoms with Gasteiger partial charge < -0.3 is 9.14 Å². The summed E-state index contributed by atoms with van der Waals surface area (Å²) in [5, 5.41) is 0. The van der Waals surface area contributed by atoms with Gasteiger partial charge in [0.1, 0.15) is 0 Å². The van der Waals surface area contributed by atoms with E-state index in [1.807, 2.05) is 12.1 Å². The molecule has 4 rings (SSSR count). The molecule has 0 aliphatic rings. The molecule has 5 heteroatoms. The number of ketones is 2. The minimum atomic E-state index is -0.536. The standard InChI is InChI=1S/C25H19NO4/c1-2-30-25(29)20-16-22(24(28)18-11-7-4-8-12-18)26-14-13-19(15-21(20)26)23(27)17-9-5-3-6-10-17/h3-16H,2H2,1H3. The molecule has 148 valence electrons. The lowest BCUT2D eigenvalue weighted by molar-refractivity contribution is 0.0528. The van der Waals surface area contributed by atoms with Crippen molar-refractivity contribution in [3.05, 3.63) is 113 Å². The van der Waals surface area contributed by atoms with E-state index >= 15 is 0 Å². The van der Waals surface area contributed by atoms with Gasteiger partial charge >= 0.3 is 5.97 Å². The first-order valence-electron chi connectivity index (χ1n) is 9.62. The Hall–Kier alpha value is -3.99. The molecule has 0 bridgehead atoms. The fourth-order valence-corrected chi connectivity index (χ4v) is 3.38. The molecule has 0 unspecified atom stereocenters. The van der Waals surface area contributed by atoms with Gasteiger partial charge in [-0.15, -0.1) is 0 Å². The maximum absolute atomic E-state index is 13.1. The zero-order chi connectivity index (χ0) is 21.1. The number of aromatic nitrogens is 1. The van der Waals surface area contributed by atoms with Gasteiger partial charge in [0.25, 0.3) is 0 Å². The number of hydrogen-bond acceptors (Lipinski definition) is 4. The Bertz CT molecular complexity index is 1240. The third kappa shape index (κ3) is 3.53. The molecule has 0 aliphatic heterocycles. The zero-order valence-electron chi connectivity index (χ0n) is 16.4. The summed E-state index contributed by atoms with van der Waals surface area (Å²) in [4.78, 5) is 38.5. The van der Waals surface area contributed by atoms with Crippen molar-refractivity contribution in [3.8, 4) is 0 Å². The van der Waals surface area contributed by atoms with E-state index in [9.17, 15) is 14.4 Å². The van der Waals surface area contributed by atoms with Crippen molar-refractivity contribution in [2.45, 2.75) is 6.92 Å². The number of pyridine rings is 1. The summed E-state index contributed by atoms with van der Waals surface area (Å²) in [7, 11) is 0. The van der Waals surface area contributed by atoms with Crippen LogP contribution in [-0.2, 0) is 4.74 Å². The fraction of sp³-hybridized carbons (Fsp3) is 0.0800. The van der Waals surface area contributed by atoms with E-state index in [4.69, 9.17) is 4.74 Å². The van der Waals surface area contributed by atoms with Gasteiger partial charge in [-0.25, -0.2) is 4.79 Å². The van der Waals surface area contributed by atoms with Crippen LogP contribution in [0.15, 0.2) is 85.1 Å². The van der Waals surface area contributed by atoms with Gasteiger partial charge in [0, 0.05) is 22.9 Å². The average Bonchev–Trinajstić information content (AvgIpc) is 3.18. The van der Waals surface area contributed by atoms with Gasteiger partial charge in [-0.3, -0.25) is 9.59 Å². The molecule has 0 aliphatic carbocycles. The molecular formula is C25H19NO4. The van der Waals surface area contributed by atoms with Crippen LogP contribution >= 0.6 is 0 Å². The van der Waals surface area contributed by atoms with Gasteiger partial charge in [-0.05, 0) is 25.1 Å². The lowest BCUT2D eigenvalue weighted by Crippen LogP contribution is -2.07. The topological polar surface area (TPSA) is 64.8 Å². The lowest BCUT2D eigenvalue weighted by atomic mass is 10.0. The highest BCUT2D eigenvalue weighted by molar-refractivity contribution is 6.13. The van der Waals surface area contributed by atoms with Crippen LogP contribution in [0.4, 0.5) is 0 Å². The van der Waals surface area contributed by atoms with Crippen molar-refractivity contribution < 1.29 is 19.1 Å². The van der Waals surface area contributed by atoms with Crippen LogP contribution < -0.4 is 0 Å². The van der Waals surface area contributed by atoms with Crippen LogP contribution in [0, 0.1) is 0 Å². The molecular weight excluding hydrogens is 378 g/mol. The summed E-state index contributed by atoms with van der Waals surface area (Å²) in [6.45, 7) is 1.93. The predicted molar refractivity (Wildman–Crippen MR) is 113 cm³/mol. The molecule has 0 amide bonds. The van der Waals surface area contributed by atoms with E-state index in [1.54, 1.807) is 78.2 Å². The summed E-state index contributed by atoms with van der Waals surface area (Å²) in [5.41, 5.74) is 2.52. The van der Waals surface area contributed by atoms with E-state index in [-0.39, 0.29) is 23.7 Å². The second-order valence-corrected chi connectivity index (χ2v) is 6.72. The summed E-state index contributed by atoms with van der Waals surface area (Å²) < 4.78 is 6.80. The minimum Gasteiger partial charge on any atom is -0.462 e. The summed E-state index contributed by atoms with van der Waals surface area (Å²) in [6, 6.07) is 22.6. The normalized spacial score (nSPS) is 10.7. The number of carbonyl (C=O) groups excluding carboxylic acids is 3. The first-order chi connectivity index (χ1) is 14.6. The highest BCUT2D eigenvalue weighted by atomic mass is 16.5. The maximum Gasteiger partial charge on any atom is 0.340 e. The number of rotatable bonds is 6. The Balaban J connectivity index is 1.86. The third-order valence-electron chi connectivity index (χ3n) is 4.83. The molecule has 0 atom stereocenters. The largest absolute Gasteiger partial charge is 0.462 e. The van der Waals surface area contributed by atoms with Crippen LogP contribution in [0.1, 0.15) is 49.3 Å². The lowest BCUT2D eigenvalue weighted by Gasteiger charge is -2.06.